The van der Waals surface area contributed by atoms with E-state index in [0.29, 0.717) is 6.04 Å². The number of benzene rings is 1. The van der Waals surface area contributed by atoms with Crippen LogP contribution in [0.15, 0.2) is 24.3 Å². The van der Waals surface area contributed by atoms with E-state index in [9.17, 15) is 0 Å². The molecule has 1 aromatic carbocycles. The van der Waals surface area contributed by atoms with Crippen molar-refractivity contribution in [2.24, 2.45) is 5.92 Å². The fraction of sp³-hybridized carbons (Fsp3) is 0.625. The number of nitrogens with one attached hydrogen (secondary N) is 1. The van der Waals surface area contributed by atoms with Gasteiger partial charge in [0.2, 0.25) is 0 Å². The van der Waals surface area contributed by atoms with Gasteiger partial charge in [0.15, 0.2) is 0 Å². The van der Waals surface area contributed by atoms with E-state index in [4.69, 9.17) is 11.6 Å². The van der Waals surface area contributed by atoms with Gasteiger partial charge in [-0.2, -0.15) is 0 Å². The molecule has 1 fully saturated rings. The highest BCUT2D eigenvalue weighted by Crippen LogP contribution is 2.20. The van der Waals surface area contributed by atoms with Gasteiger partial charge in [0.25, 0.3) is 0 Å². The van der Waals surface area contributed by atoms with Gasteiger partial charge in [0.05, 0.1) is 0 Å². The molecule has 1 heterocycles. The Bertz CT molecular complexity index is 386. The molecule has 1 saturated heterocycles. The zero-order valence-corrected chi connectivity index (χ0v) is 12.8. The Morgan fingerprint density at radius 1 is 1.37 bits per heavy atom. The van der Waals surface area contributed by atoms with Crippen molar-refractivity contribution in [1.29, 1.82) is 0 Å². The molecule has 0 amide bonds. The Labute approximate surface area is 122 Å². The number of hydrogen-bond acceptors (Lipinski definition) is 2. The van der Waals surface area contributed by atoms with Crippen LogP contribution in [0.2, 0.25) is 5.02 Å². The molecule has 2 rings (SSSR count). The quantitative estimate of drug-likeness (QED) is 0.884. The van der Waals surface area contributed by atoms with E-state index in [1.165, 1.54) is 37.9 Å². The molecule has 3 heteroatoms. The van der Waals surface area contributed by atoms with Crippen molar-refractivity contribution in [2.45, 2.75) is 32.2 Å². The van der Waals surface area contributed by atoms with Gasteiger partial charge in [-0.3, -0.25) is 0 Å². The number of nitrogens with zero attached hydrogens (tertiary/aromatic N) is 1. The van der Waals surface area contributed by atoms with Crippen molar-refractivity contribution < 1.29 is 0 Å². The fourth-order valence-corrected chi connectivity index (χ4v) is 2.95. The maximum absolute atomic E-state index is 6.03. The van der Waals surface area contributed by atoms with Crippen molar-refractivity contribution in [2.75, 3.05) is 26.7 Å². The van der Waals surface area contributed by atoms with E-state index in [-0.39, 0.29) is 0 Å². The standard InChI is InChI=1S/C16H25ClN2/c1-13(15-4-3-5-16(17)12-15)18-9-6-14-7-10-19(2)11-8-14/h3-5,12-14,18H,6-11H2,1-2H3. The van der Waals surface area contributed by atoms with Gasteiger partial charge in [0, 0.05) is 11.1 Å². The van der Waals surface area contributed by atoms with Crippen LogP contribution >= 0.6 is 11.6 Å². The lowest BCUT2D eigenvalue weighted by molar-refractivity contribution is 0.211. The van der Waals surface area contributed by atoms with Crippen LogP contribution in [0.5, 0.6) is 0 Å². The lowest BCUT2D eigenvalue weighted by Gasteiger charge is -2.29. The van der Waals surface area contributed by atoms with E-state index >= 15 is 0 Å². The van der Waals surface area contributed by atoms with Gasteiger partial charge < -0.3 is 10.2 Å². The van der Waals surface area contributed by atoms with Crippen molar-refractivity contribution in [3.63, 3.8) is 0 Å². The van der Waals surface area contributed by atoms with Crippen molar-refractivity contribution in [1.82, 2.24) is 10.2 Å². The zero-order chi connectivity index (χ0) is 13.7. The summed E-state index contributed by atoms with van der Waals surface area (Å²) in [6.07, 6.45) is 3.99. The third-order valence-corrected chi connectivity index (χ3v) is 4.43. The first-order chi connectivity index (χ1) is 9.15. The van der Waals surface area contributed by atoms with Gasteiger partial charge in [0.1, 0.15) is 0 Å². The number of halogens is 1. The second kappa shape index (κ2) is 7.28. The summed E-state index contributed by atoms with van der Waals surface area (Å²) in [4.78, 5) is 2.43. The predicted octanol–water partition coefficient (Wildman–Crippen LogP) is 3.72. The second-order valence-corrected chi connectivity index (χ2v) is 6.20. The van der Waals surface area contributed by atoms with E-state index in [1.807, 2.05) is 12.1 Å². The molecule has 0 bridgehead atoms. The lowest BCUT2D eigenvalue weighted by atomic mass is 9.93. The number of rotatable bonds is 5. The highest BCUT2D eigenvalue weighted by Gasteiger charge is 2.16. The first-order valence-corrected chi connectivity index (χ1v) is 7.70. The van der Waals surface area contributed by atoms with Crippen LogP contribution in [0.1, 0.15) is 37.8 Å². The van der Waals surface area contributed by atoms with Crippen molar-refractivity contribution >= 4 is 11.6 Å². The Morgan fingerprint density at radius 3 is 2.79 bits per heavy atom. The molecular weight excluding hydrogens is 256 g/mol. The Kier molecular flexibility index (Phi) is 5.68. The second-order valence-electron chi connectivity index (χ2n) is 5.77. The molecule has 1 aliphatic heterocycles. The molecule has 0 radical (unpaired) electrons. The molecule has 1 unspecified atom stereocenters. The third kappa shape index (κ3) is 4.79. The number of piperidine rings is 1. The minimum Gasteiger partial charge on any atom is -0.310 e. The monoisotopic (exact) mass is 280 g/mol. The van der Waals surface area contributed by atoms with Crippen LogP contribution in [0.3, 0.4) is 0 Å². The smallest absolute Gasteiger partial charge is 0.0409 e. The van der Waals surface area contributed by atoms with E-state index in [2.05, 4.69) is 36.3 Å². The SMILES string of the molecule is CC(NCCC1CCN(C)CC1)c1cccc(Cl)c1. The number of hydrogen-bond donors (Lipinski definition) is 1. The fourth-order valence-electron chi connectivity index (χ4n) is 2.75. The first-order valence-electron chi connectivity index (χ1n) is 7.32. The number of likely N-dealkylation sites (tertiary alicyclic amines) is 1. The molecule has 1 aliphatic rings. The first kappa shape index (κ1) is 14.8. The largest absolute Gasteiger partial charge is 0.310 e. The summed E-state index contributed by atoms with van der Waals surface area (Å²) < 4.78 is 0. The van der Waals surface area contributed by atoms with Crippen LogP contribution in [0.4, 0.5) is 0 Å². The minimum atomic E-state index is 0.380. The zero-order valence-electron chi connectivity index (χ0n) is 12.0. The van der Waals surface area contributed by atoms with E-state index in [0.717, 1.165) is 17.5 Å². The van der Waals surface area contributed by atoms with Gasteiger partial charge >= 0.3 is 0 Å². The Morgan fingerprint density at radius 2 is 2.11 bits per heavy atom. The highest BCUT2D eigenvalue weighted by atomic mass is 35.5. The summed E-state index contributed by atoms with van der Waals surface area (Å²) in [7, 11) is 2.22. The summed E-state index contributed by atoms with van der Waals surface area (Å²) in [5.74, 6) is 0.898. The van der Waals surface area contributed by atoms with Crippen LogP contribution in [-0.4, -0.2) is 31.6 Å². The summed E-state index contributed by atoms with van der Waals surface area (Å²) in [6, 6.07) is 8.52. The summed E-state index contributed by atoms with van der Waals surface area (Å²) >= 11 is 6.03. The maximum Gasteiger partial charge on any atom is 0.0409 e. The van der Waals surface area contributed by atoms with E-state index in [1.54, 1.807) is 0 Å². The van der Waals surface area contributed by atoms with Gasteiger partial charge in [-0.1, -0.05) is 23.7 Å². The van der Waals surface area contributed by atoms with Gasteiger partial charge in [-0.15, -0.1) is 0 Å². The minimum absolute atomic E-state index is 0.380. The molecule has 1 aromatic rings. The molecule has 0 spiro atoms. The topological polar surface area (TPSA) is 15.3 Å². The van der Waals surface area contributed by atoms with Crippen molar-refractivity contribution in [3.8, 4) is 0 Å². The average Bonchev–Trinajstić information content (AvgIpc) is 2.41. The molecule has 0 aliphatic carbocycles. The molecule has 1 N–H and O–H groups in total. The highest BCUT2D eigenvalue weighted by molar-refractivity contribution is 6.30. The lowest BCUT2D eigenvalue weighted by Crippen LogP contribution is -2.32. The maximum atomic E-state index is 6.03. The summed E-state index contributed by atoms with van der Waals surface area (Å²) in [6.45, 7) is 5.82. The van der Waals surface area contributed by atoms with Crippen LogP contribution in [0.25, 0.3) is 0 Å². The van der Waals surface area contributed by atoms with Crippen LogP contribution < -0.4 is 5.32 Å². The van der Waals surface area contributed by atoms with Crippen molar-refractivity contribution in [3.05, 3.63) is 34.9 Å². The molecule has 19 heavy (non-hydrogen) atoms. The molecule has 0 saturated carbocycles. The normalized spacial score (nSPS) is 19.5. The van der Waals surface area contributed by atoms with Gasteiger partial charge in [-0.05, 0) is 76.5 Å². The average molecular weight is 281 g/mol. The molecule has 1 atom stereocenters. The van der Waals surface area contributed by atoms with E-state index < -0.39 is 0 Å². The third-order valence-electron chi connectivity index (χ3n) is 4.19. The summed E-state index contributed by atoms with van der Waals surface area (Å²) in [5, 5.41) is 4.43. The molecular formula is C16H25ClN2. The molecule has 0 aromatic heterocycles. The molecule has 2 nitrogen and oxygen atoms in total. The molecule has 106 valence electrons. The Hall–Kier alpha value is -0.570. The Balaban J connectivity index is 1.70. The predicted molar refractivity (Wildman–Crippen MR) is 82.7 cm³/mol. The van der Waals surface area contributed by atoms with Crippen LogP contribution in [0, 0.1) is 5.92 Å². The van der Waals surface area contributed by atoms with Gasteiger partial charge in [-0.25, -0.2) is 0 Å². The van der Waals surface area contributed by atoms with Crippen LogP contribution in [-0.2, 0) is 0 Å². The summed E-state index contributed by atoms with van der Waals surface area (Å²) in [5.41, 5.74) is 1.27.